The molecular weight excluding hydrogens is 752 g/mol. The molecule has 0 unspecified atom stereocenters. The molecule has 1 spiro atoms. The summed E-state index contributed by atoms with van der Waals surface area (Å²) in [6, 6.07) is 10.1. The molecule has 5 rings (SSSR count). The third-order valence-electron chi connectivity index (χ3n) is 9.74. The van der Waals surface area contributed by atoms with E-state index in [1.165, 1.54) is 20.2 Å². The van der Waals surface area contributed by atoms with Crippen LogP contribution in [0.5, 0.6) is 34.5 Å². The van der Waals surface area contributed by atoms with Crippen LogP contribution >= 0.6 is 0 Å². The molecule has 0 amide bonds. The topological polar surface area (TPSA) is 294 Å². The van der Waals surface area contributed by atoms with Crippen LogP contribution in [0.15, 0.2) is 41.4 Å². The van der Waals surface area contributed by atoms with Crippen molar-refractivity contribution in [2.24, 2.45) is 10.7 Å². The summed E-state index contributed by atoms with van der Waals surface area (Å²) in [6.07, 6.45) is -10.2. The van der Waals surface area contributed by atoms with Crippen molar-refractivity contribution >= 4 is 23.6 Å². The minimum absolute atomic E-state index is 0.00444. The van der Waals surface area contributed by atoms with Gasteiger partial charge in [0.15, 0.2) is 41.3 Å². The number of guanidine groups is 1. The van der Waals surface area contributed by atoms with Crippen LogP contribution in [0.3, 0.4) is 0 Å². The van der Waals surface area contributed by atoms with E-state index in [2.05, 4.69) is 15.6 Å². The molecule has 2 aliphatic rings. The molecule has 2 heterocycles. The lowest BCUT2D eigenvalue weighted by Crippen LogP contribution is -2.70. The summed E-state index contributed by atoms with van der Waals surface area (Å²) >= 11 is 0. The molecule has 310 valence electrons. The number of benzene rings is 3. The van der Waals surface area contributed by atoms with Gasteiger partial charge in [0.05, 0.1) is 25.0 Å². The van der Waals surface area contributed by atoms with Gasteiger partial charge in [0, 0.05) is 37.7 Å². The number of aliphatic hydroxyl groups is 4. The predicted octanol–water partition coefficient (Wildman–Crippen LogP) is 0.969. The Balaban J connectivity index is 1.48. The van der Waals surface area contributed by atoms with E-state index < -0.39 is 77.7 Å². The van der Waals surface area contributed by atoms with E-state index >= 15 is 0 Å². The van der Waals surface area contributed by atoms with Crippen LogP contribution in [0.4, 0.5) is 5.69 Å². The second-order valence-corrected chi connectivity index (χ2v) is 13.2. The number of ether oxygens (including phenoxy) is 6. The standard InChI is InChI=1S/C38H48N4O15/c1-5-18-8-7-9-19(14-18)11-13-53-31-26(43)25-20(30(52-4)29(31)46)10-12-38(36(51)56-34(25)50)32(47)27(44)28(45)35(57-38)55-24-16-22(41-6-2)21(33(48)49)15-23(24)54-17-42-37(39)40-3/h7-9,14-16,27-28,32,35-36,41,43-47,51H,5-6,10-13,17H2,1-4H3,(H,48,49)(H3,39,40,42)/t27-,28-,32+,35-,36-,38-/m1/s1. The predicted molar refractivity (Wildman–Crippen MR) is 201 cm³/mol. The fourth-order valence-corrected chi connectivity index (χ4v) is 6.69. The van der Waals surface area contributed by atoms with Crippen molar-refractivity contribution in [1.29, 1.82) is 0 Å². The first-order valence-electron chi connectivity index (χ1n) is 18.1. The summed E-state index contributed by atoms with van der Waals surface area (Å²) in [5, 5.41) is 83.0. The van der Waals surface area contributed by atoms with Crippen LogP contribution in [0.2, 0.25) is 0 Å². The molecule has 0 saturated carbocycles. The maximum absolute atomic E-state index is 13.7. The molecule has 19 nitrogen and oxygen atoms in total. The third kappa shape index (κ3) is 8.66. The fraction of sp³-hybridized carbons (Fsp3) is 0.447. The zero-order valence-corrected chi connectivity index (χ0v) is 31.7. The van der Waals surface area contributed by atoms with E-state index in [1.807, 2.05) is 31.2 Å². The fourth-order valence-electron chi connectivity index (χ4n) is 6.69. The minimum atomic E-state index is -2.42. The van der Waals surface area contributed by atoms with Crippen LogP contribution in [-0.2, 0) is 28.7 Å². The number of methoxy groups -OCH3 is 1. The summed E-state index contributed by atoms with van der Waals surface area (Å²) in [6.45, 7) is 3.68. The Labute approximate surface area is 327 Å². The average molecular weight is 801 g/mol. The van der Waals surface area contributed by atoms with E-state index in [-0.39, 0.29) is 66.3 Å². The Bertz CT molecular complexity index is 1980. The number of nitrogens with two attached hydrogens (primary N) is 1. The van der Waals surface area contributed by atoms with Crippen molar-refractivity contribution in [2.75, 3.05) is 39.4 Å². The SMILES string of the molecule is CCNc1cc(O[C@@H]2O[C@]3(CCc4c(OC)c(O)c(OCCc5cccc(CC)c5)c(O)c4C(=O)O[C@H]3O)[C@@H](O)[C@H](O)[C@H]2O)c(OCNC(N)=NC)cc1C(=O)O. The van der Waals surface area contributed by atoms with Crippen molar-refractivity contribution in [3.63, 3.8) is 0 Å². The van der Waals surface area contributed by atoms with E-state index in [0.717, 1.165) is 23.6 Å². The van der Waals surface area contributed by atoms with Gasteiger partial charge in [0.1, 0.15) is 23.9 Å². The highest BCUT2D eigenvalue weighted by Gasteiger charge is 2.60. The highest BCUT2D eigenvalue weighted by molar-refractivity contribution is 5.97. The van der Waals surface area contributed by atoms with Crippen LogP contribution in [-0.4, -0.2) is 124 Å². The number of carbonyl (C=O) groups is 2. The number of hydrogen-bond acceptors (Lipinski definition) is 16. The van der Waals surface area contributed by atoms with E-state index in [4.69, 9.17) is 34.2 Å². The van der Waals surface area contributed by atoms with Gasteiger partial charge in [-0.15, -0.1) is 0 Å². The number of nitrogens with zero attached hydrogens (tertiary/aromatic N) is 1. The third-order valence-corrected chi connectivity index (χ3v) is 9.74. The lowest BCUT2D eigenvalue weighted by molar-refractivity contribution is -0.357. The van der Waals surface area contributed by atoms with Gasteiger partial charge in [0.2, 0.25) is 24.1 Å². The number of carboxylic acid groups (broad SMARTS) is 1. The quantitative estimate of drug-likeness (QED) is 0.0470. The van der Waals surface area contributed by atoms with Gasteiger partial charge < -0.3 is 80.5 Å². The summed E-state index contributed by atoms with van der Waals surface area (Å²) in [4.78, 5) is 29.6. The Kier molecular flexibility index (Phi) is 13.4. The molecule has 0 radical (unpaired) electrons. The number of cyclic esters (lactones) is 1. The van der Waals surface area contributed by atoms with Crippen LogP contribution in [0.25, 0.3) is 0 Å². The molecule has 3 aromatic carbocycles. The molecule has 57 heavy (non-hydrogen) atoms. The first kappa shape index (κ1) is 42.4. The number of carbonyl (C=O) groups excluding carboxylic acids is 1. The summed E-state index contributed by atoms with van der Waals surface area (Å²) in [5.41, 5.74) is 4.54. The first-order valence-corrected chi connectivity index (χ1v) is 18.1. The maximum Gasteiger partial charge on any atom is 0.344 e. The maximum atomic E-state index is 13.7. The van der Waals surface area contributed by atoms with Crippen molar-refractivity contribution in [3.05, 3.63) is 64.2 Å². The Morgan fingerprint density at radius 3 is 2.42 bits per heavy atom. The van der Waals surface area contributed by atoms with Crippen LogP contribution < -0.4 is 35.3 Å². The number of phenolic OH excluding ortho intramolecular Hbond substituents is 2. The molecule has 6 atom stereocenters. The summed E-state index contributed by atoms with van der Waals surface area (Å²) in [7, 11) is 2.62. The number of anilines is 1. The molecule has 0 aliphatic carbocycles. The second kappa shape index (κ2) is 18.0. The van der Waals surface area contributed by atoms with Gasteiger partial charge in [-0.3, -0.25) is 4.99 Å². The number of aliphatic hydroxyl groups excluding tert-OH is 4. The van der Waals surface area contributed by atoms with Gasteiger partial charge in [-0.05, 0) is 37.3 Å². The molecule has 1 saturated heterocycles. The van der Waals surface area contributed by atoms with E-state index in [0.29, 0.717) is 6.42 Å². The van der Waals surface area contributed by atoms with Crippen LogP contribution in [0, 0.1) is 0 Å². The molecule has 3 aromatic rings. The summed E-state index contributed by atoms with van der Waals surface area (Å²) < 4.78 is 34.3. The number of nitrogens with one attached hydrogen (secondary N) is 2. The highest BCUT2D eigenvalue weighted by Crippen LogP contribution is 2.51. The van der Waals surface area contributed by atoms with Gasteiger partial charge in [-0.2, -0.15) is 0 Å². The number of carboxylic acids is 1. The van der Waals surface area contributed by atoms with Gasteiger partial charge in [-0.1, -0.05) is 31.2 Å². The average Bonchev–Trinajstić information content (AvgIpc) is 3.19. The largest absolute Gasteiger partial charge is 0.504 e. The molecule has 11 N–H and O–H groups in total. The van der Waals surface area contributed by atoms with E-state index in [1.54, 1.807) is 6.92 Å². The number of fused-ring (bicyclic) bond motifs is 1. The van der Waals surface area contributed by atoms with Gasteiger partial charge >= 0.3 is 11.9 Å². The Hall–Kier alpha value is -5.73. The lowest BCUT2D eigenvalue weighted by Gasteiger charge is -2.50. The monoisotopic (exact) mass is 800 g/mol. The Morgan fingerprint density at radius 2 is 1.75 bits per heavy atom. The minimum Gasteiger partial charge on any atom is -0.504 e. The first-order chi connectivity index (χ1) is 27.2. The number of aromatic carboxylic acids is 1. The number of rotatable bonds is 14. The number of phenols is 2. The van der Waals surface area contributed by atoms with Crippen LogP contribution in [0.1, 0.15) is 57.7 Å². The molecule has 0 aromatic heterocycles. The highest BCUT2D eigenvalue weighted by atomic mass is 16.7. The molecule has 0 bridgehead atoms. The van der Waals surface area contributed by atoms with Crippen molar-refractivity contribution < 1.29 is 73.8 Å². The number of aromatic hydroxyl groups is 2. The lowest BCUT2D eigenvalue weighted by atomic mass is 9.80. The zero-order chi connectivity index (χ0) is 41.6. The molecule has 1 fully saturated rings. The summed E-state index contributed by atoms with van der Waals surface area (Å²) in [5.74, 6) is -5.27. The Morgan fingerprint density at radius 1 is 1.02 bits per heavy atom. The van der Waals surface area contributed by atoms with E-state index in [9.17, 15) is 45.3 Å². The van der Waals surface area contributed by atoms with Crippen molar-refractivity contribution in [1.82, 2.24) is 5.32 Å². The molecule has 19 heteroatoms. The van der Waals surface area contributed by atoms with Crippen molar-refractivity contribution in [3.8, 4) is 34.5 Å². The zero-order valence-electron chi connectivity index (χ0n) is 31.7. The van der Waals surface area contributed by atoms with Crippen molar-refractivity contribution in [2.45, 2.75) is 76.0 Å². The molecular formula is C38H48N4O15. The number of aliphatic imine (C=N–C) groups is 1. The second-order valence-electron chi connectivity index (χ2n) is 13.2. The number of hydrogen-bond donors (Lipinski definition) is 10. The van der Waals surface area contributed by atoms with Gasteiger partial charge in [-0.25, -0.2) is 9.59 Å². The number of aryl methyl sites for hydroxylation is 1. The van der Waals surface area contributed by atoms with Gasteiger partial charge in [0.25, 0.3) is 0 Å². The smallest absolute Gasteiger partial charge is 0.344 e. The number of esters is 1. The molecule has 2 aliphatic heterocycles. The normalized spacial score (nSPS) is 23.4.